The fraction of sp³-hybridized carbons (Fsp3) is 0.333. The first-order chi connectivity index (χ1) is 8.18. The molecule has 0 amide bonds. The zero-order chi connectivity index (χ0) is 12.3. The van der Waals surface area contributed by atoms with Crippen LogP contribution < -0.4 is 5.73 Å². The molecule has 2 aromatic rings. The Morgan fingerprint density at radius 1 is 1.47 bits per heavy atom. The van der Waals surface area contributed by atoms with Gasteiger partial charge in [-0.25, -0.2) is 4.98 Å². The van der Waals surface area contributed by atoms with Crippen LogP contribution in [0, 0.1) is 0 Å². The number of carboxylic acids is 1. The Balaban J connectivity index is 1.98. The normalized spacial score (nSPS) is 12.8. The first-order valence-electron chi connectivity index (χ1n) is 5.57. The summed E-state index contributed by atoms with van der Waals surface area (Å²) in [5.74, 6) is -0.944. The SMILES string of the molecule is N[C@@H](CCCn1cnc2ccccc21)C(=O)O. The average Bonchev–Trinajstić information content (AvgIpc) is 2.72. The fourth-order valence-electron chi connectivity index (χ4n) is 1.79. The topological polar surface area (TPSA) is 81.1 Å². The third-order valence-corrected chi connectivity index (χ3v) is 2.76. The van der Waals surface area contributed by atoms with Crippen molar-refractivity contribution in [3.05, 3.63) is 30.6 Å². The molecule has 90 valence electrons. The molecule has 0 spiro atoms. The smallest absolute Gasteiger partial charge is 0.320 e. The number of aromatic nitrogens is 2. The number of hydrogen-bond donors (Lipinski definition) is 2. The minimum absolute atomic E-state index is 0.474. The molecule has 5 nitrogen and oxygen atoms in total. The van der Waals surface area contributed by atoms with E-state index in [1.165, 1.54) is 0 Å². The van der Waals surface area contributed by atoms with E-state index in [9.17, 15) is 4.79 Å². The van der Waals surface area contributed by atoms with Gasteiger partial charge in [-0.15, -0.1) is 0 Å². The number of para-hydroxylation sites is 2. The van der Waals surface area contributed by atoms with Crippen molar-refractivity contribution in [3.8, 4) is 0 Å². The number of rotatable bonds is 5. The predicted octanol–water partition coefficient (Wildman–Crippen LogP) is 1.23. The van der Waals surface area contributed by atoms with Crippen LogP contribution in [0.25, 0.3) is 11.0 Å². The van der Waals surface area contributed by atoms with E-state index in [0.29, 0.717) is 6.42 Å². The van der Waals surface area contributed by atoms with E-state index in [-0.39, 0.29) is 0 Å². The van der Waals surface area contributed by atoms with Gasteiger partial charge in [-0.2, -0.15) is 0 Å². The number of aliphatic carboxylic acids is 1. The number of fused-ring (bicyclic) bond motifs is 1. The van der Waals surface area contributed by atoms with Crippen molar-refractivity contribution in [2.75, 3.05) is 0 Å². The van der Waals surface area contributed by atoms with Crippen LogP contribution in [-0.4, -0.2) is 26.7 Å². The molecule has 1 heterocycles. The number of imidazole rings is 1. The van der Waals surface area contributed by atoms with Gasteiger partial charge in [-0.1, -0.05) is 12.1 Å². The van der Waals surface area contributed by atoms with Gasteiger partial charge in [-0.05, 0) is 25.0 Å². The number of benzene rings is 1. The Morgan fingerprint density at radius 2 is 2.24 bits per heavy atom. The lowest BCUT2D eigenvalue weighted by molar-refractivity contribution is -0.138. The molecule has 1 aromatic carbocycles. The maximum Gasteiger partial charge on any atom is 0.320 e. The molecule has 0 aliphatic rings. The van der Waals surface area contributed by atoms with Crippen molar-refractivity contribution in [2.45, 2.75) is 25.4 Å². The standard InChI is InChI=1S/C12H15N3O2/c13-9(12(16)17)4-3-7-15-8-14-10-5-1-2-6-11(10)15/h1-2,5-6,8-9H,3-4,7,13H2,(H,16,17)/t9-/m0/s1. The molecule has 17 heavy (non-hydrogen) atoms. The number of aryl methyl sites for hydroxylation is 1. The first kappa shape index (κ1) is 11.6. The molecule has 0 saturated heterocycles. The van der Waals surface area contributed by atoms with Crippen molar-refractivity contribution in [1.82, 2.24) is 9.55 Å². The summed E-state index contributed by atoms with van der Waals surface area (Å²) in [5, 5.41) is 8.67. The lowest BCUT2D eigenvalue weighted by atomic mass is 10.2. The van der Waals surface area contributed by atoms with E-state index in [1.807, 2.05) is 28.8 Å². The van der Waals surface area contributed by atoms with E-state index in [2.05, 4.69) is 4.98 Å². The van der Waals surface area contributed by atoms with Gasteiger partial charge in [0.25, 0.3) is 0 Å². The molecule has 1 atom stereocenters. The second-order valence-electron chi connectivity index (χ2n) is 4.01. The van der Waals surface area contributed by atoms with Gasteiger partial charge < -0.3 is 15.4 Å². The highest BCUT2D eigenvalue weighted by Gasteiger charge is 2.10. The largest absolute Gasteiger partial charge is 0.480 e. The highest BCUT2D eigenvalue weighted by Crippen LogP contribution is 2.12. The lowest BCUT2D eigenvalue weighted by Gasteiger charge is -2.07. The predicted molar refractivity (Wildman–Crippen MR) is 64.6 cm³/mol. The van der Waals surface area contributed by atoms with Crippen molar-refractivity contribution < 1.29 is 9.90 Å². The van der Waals surface area contributed by atoms with Crippen LogP contribution >= 0.6 is 0 Å². The summed E-state index contributed by atoms with van der Waals surface area (Å²) in [5.41, 5.74) is 7.46. The van der Waals surface area contributed by atoms with Crippen LogP contribution in [0.4, 0.5) is 0 Å². The Labute approximate surface area is 98.9 Å². The van der Waals surface area contributed by atoms with Gasteiger partial charge in [-0.3, -0.25) is 4.79 Å². The van der Waals surface area contributed by atoms with E-state index < -0.39 is 12.0 Å². The van der Waals surface area contributed by atoms with Crippen LogP contribution in [0.2, 0.25) is 0 Å². The van der Waals surface area contributed by atoms with Gasteiger partial charge >= 0.3 is 5.97 Å². The molecule has 2 rings (SSSR count). The van der Waals surface area contributed by atoms with Crippen molar-refractivity contribution in [1.29, 1.82) is 0 Å². The summed E-state index contributed by atoms with van der Waals surface area (Å²) in [6, 6.07) is 7.09. The number of carboxylic acid groups (broad SMARTS) is 1. The molecule has 1 aromatic heterocycles. The molecule has 0 aliphatic heterocycles. The molecule has 0 saturated carbocycles. The first-order valence-corrected chi connectivity index (χ1v) is 5.57. The van der Waals surface area contributed by atoms with Crippen molar-refractivity contribution >= 4 is 17.0 Å². The third-order valence-electron chi connectivity index (χ3n) is 2.76. The summed E-state index contributed by atoms with van der Waals surface area (Å²) >= 11 is 0. The zero-order valence-electron chi connectivity index (χ0n) is 9.41. The van der Waals surface area contributed by atoms with Gasteiger partial charge in [0.1, 0.15) is 6.04 Å². The van der Waals surface area contributed by atoms with Crippen molar-refractivity contribution in [2.24, 2.45) is 5.73 Å². The van der Waals surface area contributed by atoms with Crippen molar-refractivity contribution in [3.63, 3.8) is 0 Å². The summed E-state index contributed by atoms with van der Waals surface area (Å²) < 4.78 is 2.02. The van der Waals surface area contributed by atoms with Crippen LogP contribution in [0.3, 0.4) is 0 Å². The Hall–Kier alpha value is -1.88. The Bertz CT molecular complexity index is 521. The molecule has 0 unspecified atom stereocenters. The van der Waals surface area contributed by atoms with Crippen LogP contribution in [0.15, 0.2) is 30.6 Å². The maximum absolute atomic E-state index is 10.6. The summed E-state index contributed by atoms with van der Waals surface area (Å²) in [6.07, 6.45) is 2.98. The number of nitrogens with two attached hydrogens (primary N) is 1. The number of hydrogen-bond acceptors (Lipinski definition) is 3. The summed E-state index contributed by atoms with van der Waals surface area (Å²) in [6.45, 7) is 0.738. The monoisotopic (exact) mass is 233 g/mol. The van der Waals surface area contributed by atoms with Crippen LogP contribution in [-0.2, 0) is 11.3 Å². The minimum atomic E-state index is -0.944. The Morgan fingerprint density at radius 3 is 3.00 bits per heavy atom. The van der Waals surface area contributed by atoms with Gasteiger partial charge in [0.05, 0.1) is 17.4 Å². The molecule has 0 fully saturated rings. The molecule has 5 heteroatoms. The minimum Gasteiger partial charge on any atom is -0.480 e. The fourth-order valence-corrected chi connectivity index (χ4v) is 1.79. The Kier molecular flexibility index (Phi) is 3.39. The molecular weight excluding hydrogens is 218 g/mol. The highest BCUT2D eigenvalue weighted by atomic mass is 16.4. The zero-order valence-corrected chi connectivity index (χ0v) is 9.41. The van der Waals surface area contributed by atoms with Crippen LogP contribution in [0.1, 0.15) is 12.8 Å². The molecule has 0 bridgehead atoms. The molecular formula is C12H15N3O2. The van der Waals surface area contributed by atoms with Gasteiger partial charge in [0, 0.05) is 6.54 Å². The molecule has 0 radical (unpaired) electrons. The van der Waals surface area contributed by atoms with E-state index in [1.54, 1.807) is 6.33 Å². The second kappa shape index (κ2) is 4.97. The highest BCUT2D eigenvalue weighted by molar-refractivity contribution is 5.75. The molecule has 3 N–H and O–H groups in total. The van der Waals surface area contributed by atoms with Gasteiger partial charge in [0.2, 0.25) is 0 Å². The average molecular weight is 233 g/mol. The van der Waals surface area contributed by atoms with E-state index >= 15 is 0 Å². The van der Waals surface area contributed by atoms with Gasteiger partial charge in [0.15, 0.2) is 0 Å². The quantitative estimate of drug-likeness (QED) is 0.813. The molecule has 0 aliphatic carbocycles. The summed E-state index contributed by atoms with van der Waals surface area (Å²) in [7, 11) is 0. The maximum atomic E-state index is 10.6. The van der Waals surface area contributed by atoms with Crippen LogP contribution in [0.5, 0.6) is 0 Å². The number of nitrogens with zero attached hydrogens (tertiary/aromatic N) is 2. The van der Waals surface area contributed by atoms with E-state index in [4.69, 9.17) is 10.8 Å². The third kappa shape index (κ3) is 2.62. The van der Waals surface area contributed by atoms with E-state index in [0.717, 1.165) is 24.0 Å². The lowest BCUT2D eigenvalue weighted by Crippen LogP contribution is -2.30. The summed E-state index contributed by atoms with van der Waals surface area (Å²) in [4.78, 5) is 14.8. The number of carbonyl (C=O) groups is 1. The second-order valence-corrected chi connectivity index (χ2v) is 4.01.